The van der Waals surface area contributed by atoms with Crippen LogP contribution in [0.3, 0.4) is 0 Å². The second-order valence-electron chi connectivity index (χ2n) is 7.42. The Bertz CT molecular complexity index is 1050. The van der Waals surface area contributed by atoms with E-state index < -0.39 is 0 Å². The van der Waals surface area contributed by atoms with Crippen LogP contribution in [0.15, 0.2) is 47.1 Å². The van der Waals surface area contributed by atoms with E-state index in [4.69, 9.17) is 9.26 Å². The third-order valence-electron chi connectivity index (χ3n) is 5.51. The number of likely N-dealkylation sites (tertiary alicyclic amines) is 1. The first-order valence-electron chi connectivity index (χ1n) is 10.2. The Morgan fingerprint density at radius 2 is 1.94 bits per heavy atom. The number of amides is 1. The minimum atomic E-state index is -0.358. The average molecular weight is 426 g/mol. The van der Waals surface area contributed by atoms with Crippen LogP contribution in [0.4, 0.5) is 4.39 Å². The van der Waals surface area contributed by atoms with Crippen molar-refractivity contribution in [3.63, 3.8) is 0 Å². The Balaban J connectivity index is 1.29. The number of piperidine rings is 1. The summed E-state index contributed by atoms with van der Waals surface area (Å²) in [6.07, 6.45) is 4.02. The van der Waals surface area contributed by atoms with Gasteiger partial charge < -0.3 is 18.7 Å². The summed E-state index contributed by atoms with van der Waals surface area (Å²) in [5.74, 6) is 0.0814. The number of halogens is 1. The number of methoxy groups -OCH3 is 1. The molecule has 1 aliphatic heterocycles. The van der Waals surface area contributed by atoms with Gasteiger partial charge in [-0.15, -0.1) is 0 Å². The van der Waals surface area contributed by atoms with Crippen molar-refractivity contribution in [2.45, 2.75) is 31.7 Å². The van der Waals surface area contributed by atoms with Crippen LogP contribution < -0.4 is 0 Å². The molecule has 1 fully saturated rings. The number of aryl methyl sites for hydroxylation is 1. The molecule has 0 radical (unpaired) electrons. The first kappa shape index (κ1) is 20.8. The molecule has 0 bridgehead atoms. The smallest absolute Gasteiger partial charge is 0.354 e. The van der Waals surface area contributed by atoms with Crippen molar-refractivity contribution in [2.75, 3.05) is 20.2 Å². The molecule has 0 aliphatic carbocycles. The zero-order valence-electron chi connectivity index (χ0n) is 17.2. The number of aromatic nitrogens is 3. The van der Waals surface area contributed by atoms with Gasteiger partial charge in [0.1, 0.15) is 11.5 Å². The van der Waals surface area contributed by atoms with Crippen molar-refractivity contribution in [3.8, 4) is 11.4 Å². The zero-order valence-corrected chi connectivity index (χ0v) is 17.2. The van der Waals surface area contributed by atoms with Gasteiger partial charge in [0.25, 0.3) is 0 Å². The predicted molar refractivity (Wildman–Crippen MR) is 109 cm³/mol. The standard InChI is InChI=1S/C22H23FN4O4/c1-30-22(29)18-3-2-12-27(18)17-10-13-26(14-11-17)20(28)9-8-19-24-21(25-31-19)15-4-6-16(23)7-5-15/h2-7,12,17H,8-11,13-14H2,1H3. The Kier molecular flexibility index (Phi) is 6.11. The maximum Gasteiger partial charge on any atom is 0.354 e. The number of esters is 1. The van der Waals surface area contributed by atoms with E-state index in [0.717, 1.165) is 12.8 Å². The predicted octanol–water partition coefficient (Wildman–Crippen LogP) is 3.26. The highest BCUT2D eigenvalue weighted by Gasteiger charge is 2.26. The molecule has 0 atom stereocenters. The fourth-order valence-corrected chi connectivity index (χ4v) is 3.83. The molecule has 8 nitrogen and oxygen atoms in total. The van der Waals surface area contributed by atoms with Gasteiger partial charge in [0.15, 0.2) is 0 Å². The first-order chi connectivity index (χ1) is 15.0. The topological polar surface area (TPSA) is 90.5 Å². The van der Waals surface area contributed by atoms with Gasteiger partial charge in [-0.25, -0.2) is 9.18 Å². The minimum Gasteiger partial charge on any atom is -0.464 e. The Labute approximate surface area is 178 Å². The van der Waals surface area contributed by atoms with Crippen LogP contribution in [-0.2, 0) is 16.0 Å². The summed E-state index contributed by atoms with van der Waals surface area (Å²) in [4.78, 5) is 30.6. The van der Waals surface area contributed by atoms with Gasteiger partial charge >= 0.3 is 5.97 Å². The average Bonchev–Trinajstić information content (AvgIpc) is 3.47. The quantitative estimate of drug-likeness (QED) is 0.562. The summed E-state index contributed by atoms with van der Waals surface area (Å²) >= 11 is 0. The van der Waals surface area contributed by atoms with E-state index in [9.17, 15) is 14.0 Å². The SMILES string of the molecule is COC(=O)c1cccn1C1CCN(C(=O)CCc2nc(-c3ccc(F)cc3)no2)CC1. The monoisotopic (exact) mass is 426 g/mol. The lowest BCUT2D eigenvalue weighted by Gasteiger charge is -2.33. The highest BCUT2D eigenvalue weighted by Crippen LogP contribution is 2.25. The van der Waals surface area contributed by atoms with E-state index >= 15 is 0 Å². The maximum absolute atomic E-state index is 13.0. The van der Waals surface area contributed by atoms with E-state index in [2.05, 4.69) is 10.1 Å². The number of hydrogen-bond donors (Lipinski definition) is 0. The normalized spacial score (nSPS) is 14.6. The van der Waals surface area contributed by atoms with Crippen LogP contribution in [0.1, 0.15) is 41.7 Å². The van der Waals surface area contributed by atoms with Crippen LogP contribution in [0.5, 0.6) is 0 Å². The molecule has 1 amide bonds. The molecule has 31 heavy (non-hydrogen) atoms. The summed E-state index contributed by atoms with van der Waals surface area (Å²) in [5.41, 5.74) is 1.18. The highest BCUT2D eigenvalue weighted by atomic mass is 19.1. The molecular formula is C22H23FN4O4. The molecule has 0 spiro atoms. The molecule has 2 aromatic heterocycles. The number of benzene rings is 1. The molecular weight excluding hydrogens is 403 g/mol. The Morgan fingerprint density at radius 3 is 2.65 bits per heavy atom. The van der Waals surface area contributed by atoms with E-state index in [-0.39, 0.29) is 30.2 Å². The number of carbonyl (C=O) groups excluding carboxylic acids is 2. The van der Waals surface area contributed by atoms with Crippen LogP contribution >= 0.6 is 0 Å². The fourth-order valence-electron chi connectivity index (χ4n) is 3.83. The number of carbonyl (C=O) groups is 2. The van der Waals surface area contributed by atoms with E-state index in [1.807, 2.05) is 21.7 Å². The third-order valence-corrected chi connectivity index (χ3v) is 5.51. The number of rotatable bonds is 6. The van der Waals surface area contributed by atoms with E-state index in [1.54, 1.807) is 18.2 Å². The van der Waals surface area contributed by atoms with Crippen LogP contribution in [0.25, 0.3) is 11.4 Å². The molecule has 3 aromatic rings. The van der Waals surface area contributed by atoms with Crippen LogP contribution in [0.2, 0.25) is 0 Å². The van der Waals surface area contributed by atoms with Gasteiger partial charge in [0, 0.05) is 43.7 Å². The summed E-state index contributed by atoms with van der Waals surface area (Å²) in [5, 5.41) is 3.90. The van der Waals surface area contributed by atoms with Crippen LogP contribution in [0, 0.1) is 5.82 Å². The van der Waals surface area contributed by atoms with Crippen molar-refractivity contribution in [2.24, 2.45) is 0 Å². The Hall–Kier alpha value is -3.49. The second kappa shape index (κ2) is 9.11. The summed E-state index contributed by atoms with van der Waals surface area (Å²) < 4.78 is 25.0. The molecule has 162 valence electrons. The van der Waals surface area contributed by atoms with Gasteiger partial charge in [0.05, 0.1) is 7.11 Å². The molecule has 0 unspecified atom stereocenters. The number of hydrogen-bond acceptors (Lipinski definition) is 6. The van der Waals surface area contributed by atoms with Crippen LogP contribution in [-0.4, -0.2) is 51.7 Å². The zero-order chi connectivity index (χ0) is 21.8. The number of nitrogens with zero attached hydrogens (tertiary/aromatic N) is 4. The molecule has 4 rings (SSSR count). The maximum atomic E-state index is 13.0. The van der Waals surface area contributed by atoms with Gasteiger partial charge in [-0.1, -0.05) is 5.16 Å². The molecule has 0 N–H and O–H groups in total. The largest absolute Gasteiger partial charge is 0.464 e. The lowest BCUT2D eigenvalue weighted by Crippen LogP contribution is -2.39. The van der Waals surface area contributed by atoms with Crippen molar-refractivity contribution < 1.29 is 23.2 Å². The summed E-state index contributed by atoms with van der Waals surface area (Å²) in [6.45, 7) is 1.24. The first-order valence-corrected chi connectivity index (χ1v) is 10.2. The molecule has 0 saturated carbocycles. The van der Waals surface area contributed by atoms with E-state index in [0.29, 0.717) is 42.5 Å². The lowest BCUT2D eigenvalue weighted by molar-refractivity contribution is -0.132. The molecule has 9 heteroatoms. The van der Waals surface area contributed by atoms with Crippen molar-refractivity contribution >= 4 is 11.9 Å². The third kappa shape index (κ3) is 4.65. The minimum absolute atomic E-state index is 0.0284. The summed E-state index contributed by atoms with van der Waals surface area (Å²) in [7, 11) is 1.37. The lowest BCUT2D eigenvalue weighted by atomic mass is 10.0. The van der Waals surface area contributed by atoms with Crippen molar-refractivity contribution in [1.29, 1.82) is 0 Å². The van der Waals surface area contributed by atoms with Gasteiger partial charge in [-0.3, -0.25) is 4.79 Å². The second-order valence-corrected chi connectivity index (χ2v) is 7.42. The fraction of sp³-hybridized carbons (Fsp3) is 0.364. The number of ether oxygens (including phenoxy) is 1. The summed E-state index contributed by atoms with van der Waals surface area (Å²) in [6, 6.07) is 9.55. The van der Waals surface area contributed by atoms with Crippen molar-refractivity contribution in [1.82, 2.24) is 19.6 Å². The molecule has 1 aliphatic rings. The van der Waals surface area contributed by atoms with Gasteiger partial charge in [0.2, 0.25) is 17.6 Å². The highest BCUT2D eigenvalue weighted by molar-refractivity contribution is 5.87. The van der Waals surface area contributed by atoms with Gasteiger partial charge in [-0.05, 0) is 49.2 Å². The molecule has 3 heterocycles. The van der Waals surface area contributed by atoms with Gasteiger partial charge in [-0.2, -0.15) is 4.98 Å². The van der Waals surface area contributed by atoms with Crippen molar-refractivity contribution in [3.05, 3.63) is 60.0 Å². The molecule has 1 aromatic carbocycles. The van der Waals surface area contributed by atoms with E-state index in [1.165, 1.54) is 19.2 Å². The molecule has 1 saturated heterocycles. The Morgan fingerprint density at radius 1 is 1.19 bits per heavy atom.